The molecule has 3 saturated heterocycles. The van der Waals surface area contributed by atoms with Crippen LogP contribution >= 0.6 is 0 Å². The lowest BCUT2D eigenvalue weighted by Crippen LogP contribution is -2.65. The fourth-order valence-corrected chi connectivity index (χ4v) is 5.98. The van der Waals surface area contributed by atoms with Gasteiger partial charge in [-0.25, -0.2) is 0 Å². The molecule has 0 unspecified atom stereocenters. The lowest BCUT2D eigenvalue weighted by Gasteiger charge is -2.56. The van der Waals surface area contributed by atoms with Crippen LogP contribution in [0.5, 0.6) is 0 Å². The summed E-state index contributed by atoms with van der Waals surface area (Å²) in [6.45, 7) is 6.47. The smallest absolute Gasteiger partial charge is 0.318 e. The molecule has 0 N–H and O–H groups in total. The molecule has 1 saturated carbocycles. The van der Waals surface area contributed by atoms with Crippen molar-refractivity contribution in [3.8, 4) is 0 Å². The maximum absolute atomic E-state index is 12.9. The van der Waals surface area contributed by atoms with Crippen molar-refractivity contribution in [1.82, 2.24) is 15.1 Å². The SMILES string of the molecule is CC(C)CC[C@H]1[C@H]2C[C@H](CN(c3nnc(C4CCC4)o3)C2)[C@@H]2CCCC(=O)N21. The van der Waals surface area contributed by atoms with E-state index in [1.807, 2.05) is 0 Å². The number of anilines is 1. The number of amides is 1. The van der Waals surface area contributed by atoms with E-state index >= 15 is 0 Å². The molecule has 3 aliphatic heterocycles. The van der Waals surface area contributed by atoms with Crippen LogP contribution in [-0.2, 0) is 4.79 Å². The molecule has 1 aromatic heterocycles. The van der Waals surface area contributed by atoms with Crippen molar-refractivity contribution in [2.45, 2.75) is 89.6 Å². The molecule has 1 aromatic rings. The van der Waals surface area contributed by atoms with Gasteiger partial charge in [-0.15, -0.1) is 5.10 Å². The van der Waals surface area contributed by atoms with Crippen molar-refractivity contribution >= 4 is 11.9 Å². The van der Waals surface area contributed by atoms with Crippen LogP contribution in [0.2, 0.25) is 0 Å². The van der Waals surface area contributed by atoms with Crippen LogP contribution in [0.15, 0.2) is 4.42 Å². The maximum Gasteiger partial charge on any atom is 0.318 e. The molecule has 4 atom stereocenters. The van der Waals surface area contributed by atoms with E-state index < -0.39 is 0 Å². The average molecular weight is 387 g/mol. The summed E-state index contributed by atoms with van der Waals surface area (Å²) in [6.07, 6.45) is 10.2. The zero-order chi connectivity index (χ0) is 19.3. The van der Waals surface area contributed by atoms with Crippen molar-refractivity contribution in [1.29, 1.82) is 0 Å². The molecule has 0 spiro atoms. The second-order valence-electron chi connectivity index (χ2n) is 10.0. The molecule has 1 aliphatic carbocycles. The third kappa shape index (κ3) is 3.22. The van der Waals surface area contributed by atoms with Gasteiger partial charge in [0.1, 0.15) is 0 Å². The summed E-state index contributed by atoms with van der Waals surface area (Å²) < 4.78 is 6.11. The van der Waals surface area contributed by atoms with Gasteiger partial charge in [-0.1, -0.05) is 25.4 Å². The zero-order valence-electron chi connectivity index (χ0n) is 17.3. The quantitative estimate of drug-likeness (QED) is 0.766. The molecule has 6 nitrogen and oxygen atoms in total. The van der Waals surface area contributed by atoms with E-state index in [2.05, 4.69) is 33.8 Å². The molecule has 4 heterocycles. The van der Waals surface area contributed by atoms with Gasteiger partial charge in [-0.3, -0.25) is 4.79 Å². The summed E-state index contributed by atoms with van der Waals surface area (Å²) in [7, 11) is 0. The van der Waals surface area contributed by atoms with E-state index in [1.165, 1.54) is 32.1 Å². The molecule has 5 rings (SSSR count). The van der Waals surface area contributed by atoms with Gasteiger partial charge in [0.2, 0.25) is 11.8 Å². The van der Waals surface area contributed by atoms with Gasteiger partial charge >= 0.3 is 6.01 Å². The van der Waals surface area contributed by atoms with Gasteiger partial charge in [0.25, 0.3) is 0 Å². The minimum absolute atomic E-state index is 0.383. The van der Waals surface area contributed by atoms with Gasteiger partial charge in [0.15, 0.2) is 0 Å². The molecular formula is C22H34N4O2. The van der Waals surface area contributed by atoms with E-state index in [0.29, 0.717) is 41.7 Å². The first kappa shape index (κ1) is 18.4. The highest BCUT2D eigenvalue weighted by atomic mass is 16.4. The van der Waals surface area contributed by atoms with Crippen LogP contribution in [0.1, 0.15) is 83.4 Å². The van der Waals surface area contributed by atoms with Gasteiger partial charge in [0, 0.05) is 37.5 Å². The van der Waals surface area contributed by atoms with Crippen LogP contribution in [0, 0.1) is 17.8 Å². The Morgan fingerprint density at radius 1 is 1.11 bits per heavy atom. The summed E-state index contributed by atoms with van der Waals surface area (Å²) in [4.78, 5) is 17.5. The molecule has 0 radical (unpaired) electrons. The van der Waals surface area contributed by atoms with Crippen LogP contribution < -0.4 is 4.90 Å². The van der Waals surface area contributed by atoms with E-state index in [9.17, 15) is 4.79 Å². The Kier molecular flexibility index (Phi) is 4.84. The number of carbonyl (C=O) groups excluding carboxylic acids is 1. The fourth-order valence-electron chi connectivity index (χ4n) is 5.98. The van der Waals surface area contributed by atoms with Gasteiger partial charge < -0.3 is 14.2 Å². The van der Waals surface area contributed by atoms with E-state index in [0.717, 1.165) is 50.7 Å². The number of rotatable bonds is 5. The normalized spacial score (nSPS) is 33.2. The Morgan fingerprint density at radius 2 is 1.93 bits per heavy atom. The van der Waals surface area contributed by atoms with Crippen molar-refractivity contribution in [2.75, 3.05) is 18.0 Å². The van der Waals surface area contributed by atoms with Crippen molar-refractivity contribution in [2.24, 2.45) is 17.8 Å². The van der Waals surface area contributed by atoms with E-state index in [1.54, 1.807) is 0 Å². The Balaban J connectivity index is 1.37. The first-order valence-corrected chi connectivity index (χ1v) is 11.5. The molecule has 2 bridgehead atoms. The Bertz CT molecular complexity index is 713. The highest BCUT2D eigenvalue weighted by Crippen LogP contribution is 2.44. The summed E-state index contributed by atoms with van der Waals surface area (Å²) in [6, 6.07) is 1.51. The van der Waals surface area contributed by atoms with Crippen LogP contribution in [0.3, 0.4) is 0 Å². The zero-order valence-corrected chi connectivity index (χ0v) is 17.3. The second-order valence-corrected chi connectivity index (χ2v) is 10.0. The molecule has 4 aliphatic rings. The third-order valence-corrected chi connectivity index (χ3v) is 7.69. The lowest BCUT2D eigenvalue weighted by molar-refractivity contribution is -0.149. The maximum atomic E-state index is 12.9. The number of carbonyl (C=O) groups is 1. The Hall–Kier alpha value is -1.59. The molecule has 0 aromatic carbocycles. The van der Waals surface area contributed by atoms with Gasteiger partial charge in [0.05, 0.1) is 0 Å². The largest absolute Gasteiger partial charge is 0.408 e. The number of aromatic nitrogens is 2. The number of hydrogen-bond acceptors (Lipinski definition) is 5. The molecular weight excluding hydrogens is 352 g/mol. The highest BCUT2D eigenvalue weighted by molar-refractivity contribution is 5.78. The summed E-state index contributed by atoms with van der Waals surface area (Å²) in [5, 5.41) is 8.77. The molecule has 6 heteroatoms. The summed E-state index contributed by atoms with van der Waals surface area (Å²) in [5.74, 6) is 3.46. The first-order valence-electron chi connectivity index (χ1n) is 11.5. The van der Waals surface area contributed by atoms with Crippen molar-refractivity contribution < 1.29 is 9.21 Å². The predicted octanol–water partition coefficient (Wildman–Crippen LogP) is 3.98. The minimum atomic E-state index is 0.383. The summed E-state index contributed by atoms with van der Waals surface area (Å²) >= 11 is 0. The summed E-state index contributed by atoms with van der Waals surface area (Å²) in [5.41, 5.74) is 0. The molecule has 1 amide bonds. The molecule has 154 valence electrons. The van der Waals surface area contributed by atoms with E-state index in [-0.39, 0.29) is 0 Å². The fraction of sp³-hybridized carbons (Fsp3) is 0.864. The number of hydrogen-bond donors (Lipinski definition) is 0. The monoisotopic (exact) mass is 386 g/mol. The van der Waals surface area contributed by atoms with E-state index in [4.69, 9.17) is 4.42 Å². The third-order valence-electron chi connectivity index (χ3n) is 7.69. The average Bonchev–Trinajstić information content (AvgIpc) is 3.10. The second kappa shape index (κ2) is 7.34. The number of piperidine rings is 3. The van der Waals surface area contributed by atoms with Crippen molar-refractivity contribution in [3.05, 3.63) is 5.89 Å². The topological polar surface area (TPSA) is 62.5 Å². The molecule has 4 fully saturated rings. The minimum Gasteiger partial charge on any atom is -0.408 e. The Labute approximate surface area is 168 Å². The van der Waals surface area contributed by atoms with Gasteiger partial charge in [-0.2, -0.15) is 0 Å². The number of fused-ring (bicyclic) bond motifs is 4. The van der Waals surface area contributed by atoms with Crippen LogP contribution in [0.25, 0.3) is 0 Å². The highest BCUT2D eigenvalue weighted by Gasteiger charge is 2.49. The Morgan fingerprint density at radius 3 is 2.68 bits per heavy atom. The number of nitrogens with zero attached hydrogens (tertiary/aromatic N) is 4. The van der Waals surface area contributed by atoms with Crippen LogP contribution in [-0.4, -0.2) is 46.2 Å². The molecule has 28 heavy (non-hydrogen) atoms. The van der Waals surface area contributed by atoms with Crippen LogP contribution in [0.4, 0.5) is 6.01 Å². The van der Waals surface area contributed by atoms with Gasteiger partial charge in [-0.05, 0) is 62.7 Å². The van der Waals surface area contributed by atoms with Crippen molar-refractivity contribution in [3.63, 3.8) is 0 Å². The predicted molar refractivity (Wildman–Crippen MR) is 107 cm³/mol. The standard InChI is InChI=1S/C22H34N4O2/c1-14(2)9-10-19-17-11-16(18-7-4-8-20(27)26(18)19)12-25(13-17)22-24-23-21(28-22)15-5-3-6-15/h14-19H,3-13H2,1-2H3/t16-,17+,18+,19+/m1/s1. The lowest BCUT2D eigenvalue weighted by atomic mass is 9.71. The first-order chi connectivity index (χ1) is 13.6.